The topological polar surface area (TPSA) is 62.7 Å². The Balaban J connectivity index is 1.71. The molecular weight excluding hydrogens is 305 g/mol. The molecule has 0 aliphatic rings. The zero-order valence-corrected chi connectivity index (χ0v) is 13.5. The number of nitrogens with one attached hydrogen (secondary N) is 2. The van der Waals surface area contributed by atoms with Gasteiger partial charge in [-0.2, -0.15) is 10.1 Å². The fourth-order valence-electron chi connectivity index (χ4n) is 2.34. The first-order valence-electron chi connectivity index (χ1n) is 7.63. The lowest BCUT2D eigenvalue weighted by molar-refractivity contribution is 0.613. The summed E-state index contributed by atoms with van der Waals surface area (Å²) in [5, 5.41) is 14.1. The van der Waals surface area contributed by atoms with Gasteiger partial charge in [0.05, 0.1) is 6.20 Å². The molecule has 0 radical (unpaired) electrons. The van der Waals surface area contributed by atoms with Gasteiger partial charge in [-0.05, 0) is 31.5 Å². The van der Waals surface area contributed by atoms with Crippen molar-refractivity contribution in [2.24, 2.45) is 0 Å². The Hall–Kier alpha value is -3.02. The molecule has 2 N–H and O–H groups in total. The van der Waals surface area contributed by atoms with Crippen LogP contribution in [0.15, 0.2) is 48.7 Å². The number of rotatable bonds is 5. The maximum Gasteiger partial charge on any atom is 0.249 e. The van der Waals surface area contributed by atoms with Crippen molar-refractivity contribution in [1.82, 2.24) is 15.2 Å². The molecule has 6 heteroatoms. The lowest BCUT2D eigenvalue weighted by Gasteiger charge is -2.10. The molecule has 0 aliphatic heterocycles. The van der Waals surface area contributed by atoms with Gasteiger partial charge in [-0.25, -0.2) is 4.39 Å². The minimum absolute atomic E-state index is 0.249. The van der Waals surface area contributed by atoms with Crippen molar-refractivity contribution in [1.29, 1.82) is 0 Å². The first-order chi connectivity index (χ1) is 11.6. The predicted octanol–water partition coefficient (Wildman–Crippen LogP) is 3.98. The van der Waals surface area contributed by atoms with Gasteiger partial charge in [0.15, 0.2) is 5.82 Å². The Morgan fingerprint density at radius 3 is 2.71 bits per heavy atom. The van der Waals surface area contributed by atoms with E-state index >= 15 is 0 Å². The average molecular weight is 323 g/mol. The molecular formula is C18H18FN5. The van der Waals surface area contributed by atoms with Crippen molar-refractivity contribution < 1.29 is 4.39 Å². The maximum absolute atomic E-state index is 13.6. The Labute approximate surface area is 140 Å². The quantitative estimate of drug-likeness (QED) is 0.743. The van der Waals surface area contributed by atoms with E-state index in [1.54, 1.807) is 18.2 Å². The van der Waals surface area contributed by atoms with Crippen molar-refractivity contribution in [3.63, 3.8) is 0 Å². The summed E-state index contributed by atoms with van der Waals surface area (Å²) in [6, 6.07) is 12.7. The highest BCUT2D eigenvalue weighted by atomic mass is 19.1. The minimum atomic E-state index is -0.249. The van der Waals surface area contributed by atoms with Crippen LogP contribution in [0.25, 0.3) is 0 Å². The first kappa shape index (κ1) is 15.9. The van der Waals surface area contributed by atoms with Crippen molar-refractivity contribution in [3.05, 3.63) is 71.2 Å². The molecule has 5 nitrogen and oxygen atoms in total. The van der Waals surface area contributed by atoms with Crippen LogP contribution in [0.1, 0.15) is 16.7 Å². The summed E-state index contributed by atoms with van der Waals surface area (Å²) in [7, 11) is 0. The Bertz CT molecular complexity index is 850. The van der Waals surface area contributed by atoms with Crippen molar-refractivity contribution in [2.45, 2.75) is 20.4 Å². The molecule has 2 aromatic carbocycles. The third-order valence-electron chi connectivity index (χ3n) is 3.61. The van der Waals surface area contributed by atoms with Crippen LogP contribution in [0.2, 0.25) is 0 Å². The van der Waals surface area contributed by atoms with E-state index in [1.807, 2.05) is 26.0 Å². The van der Waals surface area contributed by atoms with Gasteiger partial charge in [0.25, 0.3) is 0 Å². The van der Waals surface area contributed by atoms with E-state index in [0.717, 1.165) is 11.3 Å². The summed E-state index contributed by atoms with van der Waals surface area (Å²) in [6.07, 6.45) is 1.51. The van der Waals surface area contributed by atoms with Gasteiger partial charge < -0.3 is 10.6 Å². The normalized spacial score (nSPS) is 10.5. The second-order valence-corrected chi connectivity index (χ2v) is 5.55. The van der Waals surface area contributed by atoms with Crippen LogP contribution < -0.4 is 10.6 Å². The highest BCUT2D eigenvalue weighted by Crippen LogP contribution is 2.19. The van der Waals surface area contributed by atoms with Gasteiger partial charge in [0.2, 0.25) is 5.95 Å². The zero-order chi connectivity index (χ0) is 16.9. The number of benzene rings is 2. The number of hydrogen-bond acceptors (Lipinski definition) is 5. The molecule has 3 aromatic rings. The smallest absolute Gasteiger partial charge is 0.249 e. The Morgan fingerprint density at radius 2 is 1.92 bits per heavy atom. The van der Waals surface area contributed by atoms with E-state index in [0.29, 0.717) is 23.9 Å². The molecule has 0 unspecified atom stereocenters. The van der Waals surface area contributed by atoms with Crippen LogP contribution >= 0.6 is 0 Å². The van der Waals surface area contributed by atoms with Crippen molar-refractivity contribution >= 4 is 17.5 Å². The van der Waals surface area contributed by atoms with E-state index in [4.69, 9.17) is 0 Å². The molecule has 0 saturated carbocycles. The molecule has 24 heavy (non-hydrogen) atoms. The standard InChI is InChI=1S/C18H18FN5/c1-12-7-8-16(13(2)9-12)22-18-23-17(11-21-24-18)20-10-14-5-3-4-6-15(14)19/h3-9,11H,10H2,1-2H3,(H2,20,22,23,24). The van der Waals surface area contributed by atoms with Gasteiger partial charge in [0, 0.05) is 17.8 Å². The monoisotopic (exact) mass is 323 g/mol. The summed E-state index contributed by atoms with van der Waals surface area (Å²) >= 11 is 0. The Kier molecular flexibility index (Phi) is 4.65. The molecule has 1 aromatic heterocycles. The summed E-state index contributed by atoms with van der Waals surface area (Å²) in [5.41, 5.74) is 3.79. The first-order valence-corrected chi connectivity index (χ1v) is 7.63. The van der Waals surface area contributed by atoms with Crippen LogP contribution in [0.5, 0.6) is 0 Å². The number of anilines is 3. The summed E-state index contributed by atoms with van der Waals surface area (Å²) in [4.78, 5) is 4.36. The summed E-state index contributed by atoms with van der Waals surface area (Å²) in [5.74, 6) is 0.668. The van der Waals surface area contributed by atoms with Crippen LogP contribution in [-0.4, -0.2) is 15.2 Å². The van der Waals surface area contributed by atoms with E-state index in [9.17, 15) is 4.39 Å². The molecule has 0 aliphatic carbocycles. The number of aromatic nitrogens is 3. The van der Waals surface area contributed by atoms with Crippen LogP contribution in [0.4, 0.5) is 21.8 Å². The molecule has 0 bridgehead atoms. The van der Waals surface area contributed by atoms with Crippen LogP contribution in [-0.2, 0) is 6.54 Å². The molecule has 122 valence electrons. The van der Waals surface area contributed by atoms with Gasteiger partial charge in [0.1, 0.15) is 5.82 Å². The second kappa shape index (κ2) is 7.04. The average Bonchev–Trinajstić information content (AvgIpc) is 2.57. The lowest BCUT2D eigenvalue weighted by Crippen LogP contribution is -2.07. The van der Waals surface area contributed by atoms with E-state index < -0.39 is 0 Å². The highest BCUT2D eigenvalue weighted by molar-refractivity contribution is 5.59. The molecule has 0 fully saturated rings. The highest BCUT2D eigenvalue weighted by Gasteiger charge is 2.05. The lowest BCUT2D eigenvalue weighted by atomic mass is 10.1. The maximum atomic E-state index is 13.6. The third-order valence-corrected chi connectivity index (χ3v) is 3.61. The van der Waals surface area contributed by atoms with Crippen molar-refractivity contribution in [3.8, 4) is 0 Å². The van der Waals surface area contributed by atoms with Crippen LogP contribution in [0.3, 0.4) is 0 Å². The SMILES string of the molecule is Cc1ccc(Nc2nncc(NCc3ccccc3F)n2)c(C)c1. The fraction of sp³-hybridized carbons (Fsp3) is 0.167. The molecule has 3 rings (SSSR count). The molecule has 0 saturated heterocycles. The summed E-state index contributed by atoms with van der Waals surface area (Å²) < 4.78 is 13.6. The number of aryl methyl sites for hydroxylation is 2. The summed E-state index contributed by atoms with van der Waals surface area (Å²) in [6.45, 7) is 4.39. The fourth-order valence-corrected chi connectivity index (χ4v) is 2.34. The molecule has 1 heterocycles. The number of hydrogen-bond donors (Lipinski definition) is 2. The Morgan fingerprint density at radius 1 is 1.08 bits per heavy atom. The van der Waals surface area contributed by atoms with Crippen molar-refractivity contribution in [2.75, 3.05) is 10.6 Å². The van der Waals surface area contributed by atoms with E-state index in [1.165, 1.54) is 17.8 Å². The van der Waals surface area contributed by atoms with Crippen LogP contribution in [0, 0.1) is 19.7 Å². The predicted molar refractivity (Wildman–Crippen MR) is 92.8 cm³/mol. The van der Waals surface area contributed by atoms with Gasteiger partial charge in [-0.3, -0.25) is 0 Å². The van der Waals surface area contributed by atoms with Gasteiger partial charge >= 0.3 is 0 Å². The molecule has 0 spiro atoms. The largest absolute Gasteiger partial charge is 0.364 e. The molecule has 0 atom stereocenters. The molecule has 0 amide bonds. The second-order valence-electron chi connectivity index (χ2n) is 5.55. The zero-order valence-electron chi connectivity index (χ0n) is 13.5. The minimum Gasteiger partial charge on any atom is -0.364 e. The van der Waals surface area contributed by atoms with E-state index in [2.05, 4.69) is 31.9 Å². The van der Waals surface area contributed by atoms with Gasteiger partial charge in [-0.1, -0.05) is 35.9 Å². The van der Waals surface area contributed by atoms with E-state index in [-0.39, 0.29) is 5.82 Å². The number of nitrogens with zero attached hydrogens (tertiary/aromatic N) is 3. The number of halogens is 1. The van der Waals surface area contributed by atoms with Gasteiger partial charge in [-0.15, -0.1) is 5.10 Å². The third kappa shape index (κ3) is 3.84.